The second kappa shape index (κ2) is 12.1. The Hall–Kier alpha value is -5.03. The van der Waals surface area contributed by atoms with Crippen LogP contribution in [0.5, 0.6) is 0 Å². The molecule has 0 fully saturated rings. The van der Waals surface area contributed by atoms with E-state index in [0.29, 0.717) is 23.3 Å². The van der Waals surface area contributed by atoms with Crippen LogP contribution in [0.4, 0.5) is 0 Å². The van der Waals surface area contributed by atoms with Crippen LogP contribution in [-0.4, -0.2) is 24.9 Å². The lowest BCUT2D eigenvalue weighted by Crippen LogP contribution is -2.16. The second-order valence-electron chi connectivity index (χ2n) is 14.1. The Labute approximate surface area is 272 Å². The fourth-order valence-electron chi connectivity index (χ4n) is 5.51. The zero-order valence-corrected chi connectivity index (χ0v) is 28.1. The summed E-state index contributed by atoms with van der Waals surface area (Å²) in [5, 5.41) is 0. The predicted molar refractivity (Wildman–Crippen MR) is 189 cm³/mol. The van der Waals surface area contributed by atoms with Crippen molar-refractivity contribution in [3.63, 3.8) is 0 Å². The molecule has 6 rings (SSSR count). The monoisotopic (exact) mass is 603 g/mol. The van der Waals surface area contributed by atoms with Crippen LogP contribution >= 0.6 is 0 Å². The Bertz CT molecular complexity index is 1910. The third-order valence-corrected chi connectivity index (χ3v) is 8.13. The van der Waals surface area contributed by atoms with Crippen LogP contribution in [0, 0.1) is 13.8 Å². The first-order valence-corrected chi connectivity index (χ1v) is 15.8. The molecule has 5 heteroatoms. The fourth-order valence-corrected chi connectivity index (χ4v) is 5.51. The van der Waals surface area contributed by atoms with Crippen LogP contribution in [0.3, 0.4) is 0 Å². The molecule has 0 saturated heterocycles. The maximum Gasteiger partial charge on any atom is 0.164 e. The Morgan fingerprint density at radius 3 is 1.11 bits per heavy atom. The average Bonchev–Trinajstić information content (AvgIpc) is 3.03. The number of rotatable bonds is 5. The van der Waals surface area contributed by atoms with Crippen LogP contribution in [0.2, 0.25) is 0 Å². The van der Waals surface area contributed by atoms with E-state index in [1.807, 2.05) is 80.6 Å². The van der Waals surface area contributed by atoms with E-state index in [1.54, 1.807) is 0 Å². The van der Waals surface area contributed by atoms with Crippen LogP contribution < -0.4 is 0 Å². The highest BCUT2D eigenvalue weighted by atomic mass is 15.0. The van der Waals surface area contributed by atoms with Gasteiger partial charge in [0.05, 0.1) is 0 Å². The van der Waals surface area contributed by atoms with Crippen LogP contribution in [0.25, 0.3) is 56.7 Å². The molecule has 0 spiro atoms. The van der Waals surface area contributed by atoms with Gasteiger partial charge in [0.1, 0.15) is 0 Å². The van der Waals surface area contributed by atoms with Gasteiger partial charge >= 0.3 is 0 Å². The number of benzene rings is 4. The normalized spacial score (nSPS) is 11.9. The summed E-state index contributed by atoms with van der Waals surface area (Å²) in [5.41, 5.74) is 10.3. The molecule has 0 N–H and O–H groups in total. The average molecular weight is 604 g/mol. The van der Waals surface area contributed by atoms with E-state index < -0.39 is 0 Å². The highest BCUT2D eigenvalue weighted by molar-refractivity contribution is 5.79. The van der Waals surface area contributed by atoms with Crippen LogP contribution in [0.15, 0.2) is 103 Å². The van der Waals surface area contributed by atoms with Gasteiger partial charge < -0.3 is 0 Å². The van der Waals surface area contributed by atoms with Gasteiger partial charge in [-0.3, -0.25) is 0 Å². The first kappa shape index (κ1) is 31.0. The molecule has 4 aromatic carbocycles. The van der Waals surface area contributed by atoms with E-state index >= 15 is 0 Å². The van der Waals surface area contributed by atoms with E-state index in [2.05, 4.69) is 77.9 Å². The number of nitrogens with zero attached hydrogens (tertiary/aromatic N) is 5. The Morgan fingerprint density at radius 1 is 0.348 bits per heavy atom. The van der Waals surface area contributed by atoms with E-state index in [0.717, 1.165) is 44.8 Å². The summed E-state index contributed by atoms with van der Waals surface area (Å²) in [6, 6.07) is 35.6. The van der Waals surface area contributed by atoms with Crippen molar-refractivity contribution in [1.29, 1.82) is 0 Å². The van der Waals surface area contributed by atoms with Crippen molar-refractivity contribution in [3.05, 3.63) is 126 Å². The lowest BCUT2D eigenvalue weighted by Gasteiger charge is -2.26. The third kappa shape index (κ3) is 6.79. The van der Waals surface area contributed by atoms with Gasteiger partial charge in [-0.05, 0) is 71.2 Å². The molecule has 2 aromatic heterocycles. The van der Waals surface area contributed by atoms with E-state index in [-0.39, 0.29) is 10.8 Å². The molecular weight excluding hydrogens is 562 g/mol. The minimum absolute atomic E-state index is 0.0173. The predicted octanol–water partition coefficient (Wildman–Crippen LogP) is 10.2. The minimum atomic E-state index is -0.0173. The van der Waals surface area contributed by atoms with Gasteiger partial charge in [-0.15, -0.1) is 0 Å². The SMILES string of the molecule is Cc1cc(C)nc(-c2cc(-c3cc(C(C)(C)C)cc(C(C)(C)C)c3)cc(-c3nc(-c4ccccc4)nc(-c4ccccc4)n3)c2)n1. The van der Waals surface area contributed by atoms with Crippen molar-refractivity contribution in [2.75, 3.05) is 0 Å². The summed E-state index contributed by atoms with van der Waals surface area (Å²) >= 11 is 0. The molecule has 230 valence electrons. The minimum Gasteiger partial charge on any atom is -0.233 e. The van der Waals surface area contributed by atoms with Crippen molar-refractivity contribution in [1.82, 2.24) is 24.9 Å². The van der Waals surface area contributed by atoms with E-state index in [4.69, 9.17) is 24.9 Å². The largest absolute Gasteiger partial charge is 0.233 e. The molecule has 0 aliphatic rings. The molecule has 6 aromatic rings. The lowest BCUT2D eigenvalue weighted by atomic mass is 9.78. The van der Waals surface area contributed by atoms with Crippen molar-refractivity contribution >= 4 is 0 Å². The van der Waals surface area contributed by atoms with Gasteiger partial charge in [0.2, 0.25) is 0 Å². The topological polar surface area (TPSA) is 64.5 Å². The Morgan fingerprint density at radius 2 is 0.696 bits per heavy atom. The van der Waals surface area contributed by atoms with Gasteiger partial charge in [-0.25, -0.2) is 24.9 Å². The van der Waals surface area contributed by atoms with Crippen molar-refractivity contribution < 1.29 is 0 Å². The number of aryl methyl sites for hydroxylation is 2. The number of hydrogen-bond acceptors (Lipinski definition) is 5. The first-order chi connectivity index (χ1) is 21.8. The molecule has 0 atom stereocenters. The molecule has 2 heterocycles. The summed E-state index contributed by atoms with van der Waals surface area (Å²) in [4.78, 5) is 24.7. The molecule has 46 heavy (non-hydrogen) atoms. The molecule has 0 radical (unpaired) electrons. The molecule has 0 unspecified atom stereocenters. The Kier molecular flexibility index (Phi) is 8.11. The van der Waals surface area contributed by atoms with Crippen LogP contribution in [0.1, 0.15) is 64.1 Å². The standard InChI is InChI=1S/C41H41N5/c1-26-19-27(2)43-38(42-26)32-20-30(31-23-34(40(3,4)5)25-35(24-31)41(6,7)8)21-33(22-32)39-45-36(28-15-11-9-12-16-28)44-37(46-39)29-17-13-10-14-18-29/h9-25H,1-8H3. The molecule has 0 amide bonds. The van der Waals surface area contributed by atoms with E-state index in [9.17, 15) is 0 Å². The highest BCUT2D eigenvalue weighted by Gasteiger charge is 2.22. The van der Waals surface area contributed by atoms with Crippen molar-refractivity contribution in [2.45, 2.75) is 66.2 Å². The summed E-state index contributed by atoms with van der Waals surface area (Å²) < 4.78 is 0. The maximum atomic E-state index is 5.05. The Balaban J connectivity index is 1.64. The van der Waals surface area contributed by atoms with Gasteiger partial charge in [0, 0.05) is 33.6 Å². The maximum absolute atomic E-state index is 5.05. The molecule has 0 saturated carbocycles. The first-order valence-electron chi connectivity index (χ1n) is 15.8. The van der Waals surface area contributed by atoms with Crippen LogP contribution in [-0.2, 0) is 10.8 Å². The third-order valence-electron chi connectivity index (χ3n) is 8.13. The summed E-state index contributed by atoms with van der Waals surface area (Å²) in [7, 11) is 0. The second-order valence-corrected chi connectivity index (χ2v) is 14.1. The van der Waals surface area contributed by atoms with E-state index in [1.165, 1.54) is 11.1 Å². The van der Waals surface area contributed by atoms with Gasteiger partial charge in [0.15, 0.2) is 23.3 Å². The van der Waals surface area contributed by atoms with Gasteiger partial charge in [0.25, 0.3) is 0 Å². The quantitative estimate of drug-likeness (QED) is 0.196. The van der Waals surface area contributed by atoms with Crippen molar-refractivity contribution in [2.24, 2.45) is 0 Å². The summed E-state index contributed by atoms with van der Waals surface area (Å²) in [5.74, 6) is 2.54. The highest BCUT2D eigenvalue weighted by Crippen LogP contribution is 2.37. The fraction of sp³-hybridized carbons (Fsp3) is 0.244. The van der Waals surface area contributed by atoms with Gasteiger partial charge in [-0.2, -0.15) is 0 Å². The molecule has 0 bridgehead atoms. The van der Waals surface area contributed by atoms with Gasteiger partial charge in [-0.1, -0.05) is 120 Å². The van der Waals surface area contributed by atoms with Crippen molar-refractivity contribution in [3.8, 4) is 56.7 Å². The summed E-state index contributed by atoms with van der Waals surface area (Å²) in [6.45, 7) is 17.6. The zero-order chi connectivity index (χ0) is 32.6. The molecule has 0 aliphatic carbocycles. The molecule has 0 aliphatic heterocycles. The molecular formula is C41H41N5. The smallest absolute Gasteiger partial charge is 0.164 e. The zero-order valence-electron chi connectivity index (χ0n) is 28.1. The molecule has 5 nitrogen and oxygen atoms in total. The lowest BCUT2D eigenvalue weighted by molar-refractivity contribution is 0.569. The number of aromatic nitrogens is 5. The number of hydrogen-bond donors (Lipinski definition) is 0. The summed E-state index contributed by atoms with van der Waals surface area (Å²) in [6.07, 6.45) is 0.